The van der Waals surface area contributed by atoms with E-state index < -0.39 is 5.54 Å². The Kier molecular flexibility index (Phi) is 2.99. The van der Waals surface area contributed by atoms with Gasteiger partial charge in [0.15, 0.2) is 0 Å². The lowest BCUT2D eigenvalue weighted by molar-refractivity contribution is -0.137. The molecule has 1 unspecified atom stereocenters. The Labute approximate surface area is 98.4 Å². The van der Waals surface area contributed by atoms with Crippen molar-refractivity contribution in [2.45, 2.75) is 57.9 Å². The van der Waals surface area contributed by atoms with Gasteiger partial charge in [0.1, 0.15) is 0 Å². The molecular weight excluding hydrogens is 200 g/mol. The Balaban J connectivity index is 1.98. The van der Waals surface area contributed by atoms with Gasteiger partial charge >= 0.3 is 0 Å². The van der Waals surface area contributed by atoms with Crippen LogP contribution in [0.4, 0.5) is 0 Å². The summed E-state index contributed by atoms with van der Waals surface area (Å²) in [7, 11) is 0. The maximum absolute atomic E-state index is 12.2. The molecule has 0 aromatic rings. The minimum Gasteiger partial charge on any atom is -0.341 e. The quantitative estimate of drug-likeness (QED) is 0.796. The minimum absolute atomic E-state index is 0.203. The summed E-state index contributed by atoms with van der Waals surface area (Å²) in [5.41, 5.74) is 5.84. The van der Waals surface area contributed by atoms with E-state index in [1.165, 1.54) is 19.3 Å². The zero-order chi connectivity index (χ0) is 11.8. The average Bonchev–Trinajstić information content (AvgIpc) is 2.97. The first-order chi connectivity index (χ1) is 7.49. The fourth-order valence-corrected chi connectivity index (χ4v) is 2.96. The molecule has 2 rings (SSSR count). The van der Waals surface area contributed by atoms with Crippen molar-refractivity contribution in [2.24, 2.45) is 11.1 Å². The first-order valence-electron chi connectivity index (χ1n) is 6.57. The van der Waals surface area contributed by atoms with Crippen molar-refractivity contribution in [3.8, 4) is 0 Å². The van der Waals surface area contributed by atoms with E-state index in [9.17, 15) is 4.79 Å². The van der Waals surface area contributed by atoms with Crippen molar-refractivity contribution >= 4 is 5.91 Å². The lowest BCUT2D eigenvalue weighted by Gasteiger charge is -2.41. The predicted molar refractivity (Wildman–Crippen MR) is 65.0 cm³/mol. The number of nitrogens with zero attached hydrogens (tertiary/aromatic N) is 1. The van der Waals surface area contributed by atoms with Crippen LogP contribution in [0.25, 0.3) is 0 Å². The number of hydrogen-bond donors (Lipinski definition) is 1. The van der Waals surface area contributed by atoms with Gasteiger partial charge in [0.2, 0.25) is 5.91 Å². The van der Waals surface area contributed by atoms with Crippen molar-refractivity contribution in [1.82, 2.24) is 4.90 Å². The molecule has 1 atom stereocenters. The molecule has 0 radical (unpaired) electrons. The zero-order valence-electron chi connectivity index (χ0n) is 10.6. The molecule has 1 saturated carbocycles. The molecule has 1 aliphatic heterocycles. The van der Waals surface area contributed by atoms with Crippen LogP contribution in [0.15, 0.2) is 0 Å². The lowest BCUT2D eigenvalue weighted by atomic mass is 9.78. The summed E-state index contributed by atoms with van der Waals surface area (Å²) in [5, 5.41) is 0. The van der Waals surface area contributed by atoms with Gasteiger partial charge in [-0.25, -0.2) is 0 Å². The van der Waals surface area contributed by atoms with Gasteiger partial charge in [0.05, 0.1) is 5.54 Å². The third-order valence-corrected chi connectivity index (χ3v) is 4.14. The van der Waals surface area contributed by atoms with Crippen LogP contribution in [-0.4, -0.2) is 29.4 Å². The van der Waals surface area contributed by atoms with Gasteiger partial charge < -0.3 is 10.6 Å². The van der Waals surface area contributed by atoms with E-state index in [1.807, 2.05) is 4.90 Å². The van der Waals surface area contributed by atoms with E-state index in [4.69, 9.17) is 5.73 Å². The molecule has 3 nitrogen and oxygen atoms in total. The van der Waals surface area contributed by atoms with Gasteiger partial charge in [-0.15, -0.1) is 0 Å². The third kappa shape index (κ3) is 2.24. The lowest BCUT2D eigenvalue weighted by Crippen LogP contribution is -2.51. The summed E-state index contributed by atoms with van der Waals surface area (Å²) in [4.78, 5) is 14.2. The van der Waals surface area contributed by atoms with E-state index in [0.717, 1.165) is 32.4 Å². The zero-order valence-corrected chi connectivity index (χ0v) is 10.6. The molecule has 16 heavy (non-hydrogen) atoms. The van der Waals surface area contributed by atoms with Crippen LogP contribution in [-0.2, 0) is 4.79 Å². The molecule has 1 aliphatic carbocycles. The second kappa shape index (κ2) is 4.02. The van der Waals surface area contributed by atoms with Crippen LogP contribution in [0.5, 0.6) is 0 Å². The summed E-state index contributed by atoms with van der Waals surface area (Å²) >= 11 is 0. The number of likely N-dealkylation sites (tertiary alicyclic amines) is 1. The van der Waals surface area contributed by atoms with Gasteiger partial charge in [0.25, 0.3) is 0 Å². The molecule has 0 bridgehead atoms. The smallest absolute Gasteiger partial charge is 0.242 e. The van der Waals surface area contributed by atoms with Crippen molar-refractivity contribution in [1.29, 1.82) is 0 Å². The van der Waals surface area contributed by atoms with Gasteiger partial charge in [-0.1, -0.05) is 20.3 Å². The van der Waals surface area contributed by atoms with Crippen molar-refractivity contribution in [3.05, 3.63) is 0 Å². The van der Waals surface area contributed by atoms with E-state index in [1.54, 1.807) is 0 Å². The van der Waals surface area contributed by atoms with Gasteiger partial charge in [0, 0.05) is 13.1 Å². The maximum atomic E-state index is 12.2. The summed E-state index contributed by atoms with van der Waals surface area (Å²) in [6, 6.07) is 0. The Morgan fingerprint density at radius 3 is 2.62 bits per heavy atom. The molecule has 1 amide bonds. The van der Waals surface area contributed by atoms with Crippen LogP contribution in [0.1, 0.15) is 52.4 Å². The normalized spacial score (nSPS) is 32.6. The van der Waals surface area contributed by atoms with E-state index in [-0.39, 0.29) is 5.91 Å². The number of nitrogens with two attached hydrogens (primary N) is 1. The highest BCUT2D eigenvalue weighted by Crippen LogP contribution is 2.39. The number of piperidine rings is 1. The Hall–Kier alpha value is -0.570. The number of carbonyl (C=O) groups excluding carboxylic acids is 1. The molecule has 0 spiro atoms. The van der Waals surface area contributed by atoms with Crippen molar-refractivity contribution < 1.29 is 4.79 Å². The van der Waals surface area contributed by atoms with Crippen molar-refractivity contribution in [3.63, 3.8) is 0 Å². The van der Waals surface area contributed by atoms with E-state index in [2.05, 4.69) is 13.8 Å². The number of amides is 1. The van der Waals surface area contributed by atoms with Gasteiger partial charge in [-0.05, 0) is 37.5 Å². The first kappa shape index (κ1) is 11.9. The summed E-state index contributed by atoms with van der Waals surface area (Å²) in [5.74, 6) is 0.203. The average molecular weight is 224 g/mol. The monoisotopic (exact) mass is 224 g/mol. The SMILES string of the molecule is CCCC1(C)CCCN(C(=O)C2(N)CC2)C1. The van der Waals surface area contributed by atoms with E-state index >= 15 is 0 Å². The fourth-order valence-electron chi connectivity index (χ4n) is 2.96. The fraction of sp³-hybridized carbons (Fsp3) is 0.923. The number of carbonyl (C=O) groups is 1. The molecule has 2 N–H and O–H groups in total. The first-order valence-corrected chi connectivity index (χ1v) is 6.57. The summed E-state index contributed by atoms with van der Waals surface area (Å²) in [6.45, 7) is 6.36. The van der Waals surface area contributed by atoms with Crippen LogP contribution in [0.3, 0.4) is 0 Å². The highest BCUT2D eigenvalue weighted by Gasteiger charge is 2.49. The number of hydrogen-bond acceptors (Lipinski definition) is 2. The minimum atomic E-state index is -0.482. The Morgan fingerprint density at radius 2 is 2.06 bits per heavy atom. The Morgan fingerprint density at radius 1 is 1.38 bits per heavy atom. The predicted octanol–water partition coefficient (Wildman–Crippen LogP) is 1.91. The maximum Gasteiger partial charge on any atom is 0.242 e. The van der Waals surface area contributed by atoms with Crippen LogP contribution in [0, 0.1) is 5.41 Å². The third-order valence-electron chi connectivity index (χ3n) is 4.14. The molecule has 92 valence electrons. The molecule has 2 fully saturated rings. The molecular formula is C13H24N2O. The Bertz CT molecular complexity index is 282. The summed E-state index contributed by atoms with van der Waals surface area (Å²) in [6.07, 6.45) is 6.57. The molecule has 2 aliphatic rings. The van der Waals surface area contributed by atoms with Gasteiger partial charge in [-0.3, -0.25) is 4.79 Å². The standard InChI is InChI=1S/C13H24N2O/c1-3-5-12(2)6-4-9-15(10-12)11(16)13(14)7-8-13/h3-10,14H2,1-2H3. The molecule has 0 aromatic heterocycles. The van der Waals surface area contributed by atoms with Crippen LogP contribution < -0.4 is 5.73 Å². The van der Waals surface area contributed by atoms with Crippen molar-refractivity contribution in [2.75, 3.05) is 13.1 Å². The van der Waals surface area contributed by atoms with Gasteiger partial charge in [-0.2, -0.15) is 0 Å². The largest absolute Gasteiger partial charge is 0.341 e. The second-order valence-electron chi connectivity index (χ2n) is 6.05. The highest BCUT2D eigenvalue weighted by molar-refractivity contribution is 5.89. The van der Waals surface area contributed by atoms with E-state index in [0.29, 0.717) is 5.41 Å². The number of rotatable bonds is 3. The highest BCUT2D eigenvalue weighted by atomic mass is 16.2. The molecule has 1 saturated heterocycles. The summed E-state index contributed by atoms with van der Waals surface area (Å²) < 4.78 is 0. The molecule has 0 aromatic carbocycles. The second-order valence-corrected chi connectivity index (χ2v) is 6.05. The van der Waals surface area contributed by atoms with Crippen LogP contribution >= 0.6 is 0 Å². The van der Waals surface area contributed by atoms with Crippen LogP contribution in [0.2, 0.25) is 0 Å². The molecule has 1 heterocycles. The molecule has 3 heteroatoms. The topological polar surface area (TPSA) is 46.3 Å².